The van der Waals surface area contributed by atoms with Crippen LogP contribution in [0.4, 0.5) is 0 Å². The Hall–Kier alpha value is -4.13. The molecule has 12 unspecified atom stereocenters. The van der Waals surface area contributed by atoms with Crippen LogP contribution in [0.1, 0.15) is 133 Å². The molecule has 322 valence electrons. The van der Waals surface area contributed by atoms with E-state index in [-0.39, 0.29) is 35.5 Å². The largest absolute Gasteiger partial charge is 0.367 e. The summed E-state index contributed by atoms with van der Waals surface area (Å²) in [6, 6.07) is 11.8. The molecular weight excluding hydrogens is 759 g/mol. The number of nitrogens with one attached hydrogen (secondary N) is 1. The standard InChI is InChI=1S/C56H67N5O/c1-56-33-32-44-43-28-15-16-31-48(43)61(40-24-9-4-10-25-40)50(44)52(56)62-51-45(29-17-30-47(51)56)49-46(34-39(35-57-49)42-27-14-13-26-41(42)36-18-11-12-19-36)55-59-53(37-20-5-2-6-21-37)58-54(60-55)38-22-7-3-8-23-38/h2,5-7,11,13,18-22,26,29,31-34,38,40-44,46-47,49-52,57H,3-4,8-10,12,14-17,23-25,27-28,30,35H2,1H3. The molecule has 1 aromatic carbocycles. The van der Waals surface area contributed by atoms with Crippen LogP contribution in [0.3, 0.4) is 0 Å². The summed E-state index contributed by atoms with van der Waals surface area (Å²) < 4.78 is 7.87. The van der Waals surface area contributed by atoms with Gasteiger partial charge < -0.3 is 15.0 Å². The minimum atomic E-state index is -0.0410. The van der Waals surface area contributed by atoms with Gasteiger partial charge in [0.1, 0.15) is 11.6 Å². The van der Waals surface area contributed by atoms with Crippen molar-refractivity contribution in [2.24, 2.45) is 35.0 Å². The number of ether oxygens (including phenoxy) is 1. The van der Waals surface area contributed by atoms with Gasteiger partial charge in [-0.3, -0.25) is 0 Å². The van der Waals surface area contributed by atoms with E-state index in [4.69, 9.17) is 19.7 Å². The highest BCUT2D eigenvalue weighted by molar-refractivity contribution is 5.55. The molecule has 7 aliphatic carbocycles. The van der Waals surface area contributed by atoms with Crippen molar-refractivity contribution in [2.75, 3.05) is 6.54 Å². The smallest absolute Gasteiger partial charge is 0.163 e. The summed E-state index contributed by atoms with van der Waals surface area (Å²) in [6.07, 6.45) is 49.9. The molecule has 2 saturated heterocycles. The van der Waals surface area contributed by atoms with Crippen LogP contribution in [0.25, 0.3) is 11.4 Å². The molecule has 4 heterocycles. The molecule has 10 aliphatic rings. The average molecular weight is 826 g/mol. The van der Waals surface area contributed by atoms with Gasteiger partial charge in [0.2, 0.25) is 0 Å². The lowest BCUT2D eigenvalue weighted by atomic mass is 9.61. The monoisotopic (exact) mass is 826 g/mol. The van der Waals surface area contributed by atoms with E-state index >= 15 is 0 Å². The molecule has 3 aliphatic heterocycles. The molecule has 12 rings (SSSR count). The Morgan fingerprint density at radius 2 is 1.61 bits per heavy atom. The maximum Gasteiger partial charge on any atom is 0.163 e. The number of allylic oxidation sites excluding steroid dienone is 11. The second kappa shape index (κ2) is 16.5. The van der Waals surface area contributed by atoms with Crippen LogP contribution >= 0.6 is 0 Å². The Balaban J connectivity index is 0.949. The van der Waals surface area contributed by atoms with E-state index in [1.165, 1.54) is 87.3 Å². The highest BCUT2D eigenvalue weighted by Gasteiger charge is 2.64. The third kappa shape index (κ3) is 6.75. The van der Waals surface area contributed by atoms with Crippen molar-refractivity contribution in [1.29, 1.82) is 0 Å². The van der Waals surface area contributed by atoms with Gasteiger partial charge in [-0.05, 0) is 101 Å². The number of rotatable bonds is 7. The minimum Gasteiger partial charge on any atom is -0.367 e. The third-order valence-electron chi connectivity index (χ3n) is 17.5. The summed E-state index contributed by atoms with van der Waals surface area (Å²) >= 11 is 0. The fraction of sp³-hybridized carbons (Fsp3) is 0.554. The van der Waals surface area contributed by atoms with Crippen molar-refractivity contribution in [3.8, 4) is 11.4 Å². The molecule has 0 spiro atoms. The Bertz CT molecular complexity index is 2270. The van der Waals surface area contributed by atoms with Gasteiger partial charge in [0.05, 0.1) is 24.2 Å². The van der Waals surface area contributed by atoms with Gasteiger partial charge in [0, 0.05) is 64.9 Å². The Labute approximate surface area is 370 Å². The van der Waals surface area contributed by atoms with E-state index in [2.05, 4.69) is 120 Å². The van der Waals surface area contributed by atoms with Crippen LogP contribution in [0, 0.1) is 35.0 Å². The highest BCUT2D eigenvalue weighted by Crippen LogP contribution is 2.61. The number of benzene rings is 1. The predicted molar refractivity (Wildman–Crippen MR) is 249 cm³/mol. The molecule has 0 amide bonds. The highest BCUT2D eigenvalue weighted by atomic mass is 16.5. The molecule has 12 atom stereocenters. The van der Waals surface area contributed by atoms with Crippen LogP contribution in [0.15, 0.2) is 126 Å². The second-order valence-corrected chi connectivity index (χ2v) is 20.8. The van der Waals surface area contributed by atoms with Crippen LogP contribution in [0.5, 0.6) is 0 Å². The molecule has 6 heteroatoms. The van der Waals surface area contributed by atoms with Gasteiger partial charge >= 0.3 is 0 Å². The Kier molecular flexibility index (Phi) is 10.5. The van der Waals surface area contributed by atoms with E-state index < -0.39 is 0 Å². The van der Waals surface area contributed by atoms with Crippen LogP contribution in [0.2, 0.25) is 0 Å². The molecule has 62 heavy (non-hydrogen) atoms. The van der Waals surface area contributed by atoms with Crippen LogP contribution < -0.4 is 5.32 Å². The maximum absolute atomic E-state index is 7.87. The number of aromatic nitrogens is 3. The zero-order valence-corrected chi connectivity index (χ0v) is 37.0. The summed E-state index contributed by atoms with van der Waals surface area (Å²) in [5.74, 6) is 5.29. The number of hydrogen-bond acceptors (Lipinski definition) is 6. The van der Waals surface area contributed by atoms with Gasteiger partial charge in [-0.15, -0.1) is 0 Å². The quantitative estimate of drug-likeness (QED) is 0.281. The molecule has 2 aromatic rings. The van der Waals surface area contributed by atoms with Crippen molar-refractivity contribution >= 4 is 0 Å². The molecular formula is C56H67N5O. The Morgan fingerprint density at radius 3 is 2.47 bits per heavy atom. The van der Waals surface area contributed by atoms with Crippen molar-refractivity contribution in [2.45, 2.75) is 152 Å². The molecule has 3 fully saturated rings. The fourth-order valence-electron chi connectivity index (χ4n) is 14.5. The van der Waals surface area contributed by atoms with E-state index in [1.54, 1.807) is 5.70 Å². The van der Waals surface area contributed by atoms with E-state index in [0.717, 1.165) is 61.7 Å². The molecule has 0 bridgehead atoms. The number of nitrogens with zero attached hydrogens (tertiary/aromatic N) is 4. The van der Waals surface area contributed by atoms with Gasteiger partial charge in [0.25, 0.3) is 0 Å². The predicted octanol–water partition coefficient (Wildman–Crippen LogP) is 11.8. The summed E-state index contributed by atoms with van der Waals surface area (Å²) in [7, 11) is 0. The van der Waals surface area contributed by atoms with E-state index in [0.29, 0.717) is 41.7 Å². The van der Waals surface area contributed by atoms with Crippen LogP contribution in [-0.4, -0.2) is 56.7 Å². The van der Waals surface area contributed by atoms with E-state index in [1.807, 2.05) is 0 Å². The topological polar surface area (TPSA) is 63.2 Å². The number of fused-ring (bicyclic) bond motifs is 7. The summed E-state index contributed by atoms with van der Waals surface area (Å²) in [6.45, 7) is 3.47. The van der Waals surface area contributed by atoms with Gasteiger partial charge in [0.15, 0.2) is 5.82 Å². The lowest BCUT2D eigenvalue weighted by Gasteiger charge is -2.47. The molecule has 1 N–H and O–H groups in total. The van der Waals surface area contributed by atoms with Gasteiger partial charge in [-0.25, -0.2) is 15.0 Å². The Morgan fingerprint density at radius 1 is 0.742 bits per heavy atom. The molecule has 6 nitrogen and oxygen atoms in total. The average Bonchev–Trinajstić information content (AvgIpc) is 4.08. The van der Waals surface area contributed by atoms with Gasteiger partial charge in [-0.2, -0.15) is 0 Å². The van der Waals surface area contributed by atoms with Crippen molar-refractivity contribution < 1.29 is 4.74 Å². The number of likely N-dealkylation sites (tertiary alicyclic amines) is 1. The normalized spacial score (nSPS) is 38.7. The van der Waals surface area contributed by atoms with Gasteiger partial charge in [-0.1, -0.05) is 135 Å². The second-order valence-electron chi connectivity index (χ2n) is 20.8. The first-order valence-electron chi connectivity index (χ1n) is 25.1. The third-order valence-corrected chi connectivity index (χ3v) is 17.5. The van der Waals surface area contributed by atoms with Crippen LogP contribution in [-0.2, 0) is 4.74 Å². The van der Waals surface area contributed by atoms with Crippen molar-refractivity contribution in [3.63, 3.8) is 0 Å². The lowest BCUT2D eigenvalue weighted by molar-refractivity contribution is -0.0372. The van der Waals surface area contributed by atoms with Crippen molar-refractivity contribution in [1.82, 2.24) is 25.2 Å². The molecule has 1 aromatic heterocycles. The zero-order valence-electron chi connectivity index (χ0n) is 37.0. The molecule has 1 saturated carbocycles. The zero-order chi connectivity index (χ0) is 41.2. The lowest BCUT2D eigenvalue weighted by Crippen LogP contribution is -2.54. The fourth-order valence-corrected chi connectivity index (χ4v) is 14.5. The summed E-state index contributed by atoms with van der Waals surface area (Å²) in [5.41, 5.74) is 7.18. The van der Waals surface area contributed by atoms with Crippen molar-refractivity contribution in [3.05, 3.63) is 137 Å². The van der Waals surface area contributed by atoms with E-state index in [9.17, 15) is 0 Å². The number of hydrogen-bond donors (Lipinski definition) is 1. The molecule has 0 radical (unpaired) electrons. The summed E-state index contributed by atoms with van der Waals surface area (Å²) in [4.78, 5) is 19.3. The first-order valence-corrected chi connectivity index (χ1v) is 25.1. The maximum atomic E-state index is 7.87. The first-order chi connectivity index (χ1) is 30.6. The first kappa shape index (κ1) is 39.5. The SMILES string of the molecule is CC12C=CC3C4CCCC=C4N(C4CCCCC4)C3C1OC1C(C3NCC(C4CCC=CC4C4=CCC=C4)=CC3c3nc(-c4ccccc4)nc(C4C=CCCC4)n3)=CCCC12. The minimum absolute atomic E-state index is 0.00418. The summed E-state index contributed by atoms with van der Waals surface area (Å²) in [5, 5.41) is 4.28.